The first-order valence-corrected chi connectivity index (χ1v) is 6.84. The number of carboxylic acid groups (broad SMARTS) is 1. The van der Waals surface area contributed by atoms with Crippen molar-refractivity contribution in [3.05, 3.63) is 28.8 Å². The maximum atomic E-state index is 12.1. The third-order valence-electron chi connectivity index (χ3n) is 3.78. The van der Waals surface area contributed by atoms with E-state index in [1.807, 2.05) is 13.0 Å². The Hall–Kier alpha value is -1.55. The first kappa shape index (κ1) is 16.5. The molecule has 1 amide bonds. The van der Waals surface area contributed by atoms with Gasteiger partial charge in [0.25, 0.3) is 0 Å². The van der Waals surface area contributed by atoms with Crippen LogP contribution in [-0.2, 0) is 9.59 Å². The van der Waals surface area contributed by atoms with Crippen molar-refractivity contribution in [2.45, 2.75) is 34.1 Å². The van der Waals surface area contributed by atoms with E-state index in [2.05, 4.69) is 5.32 Å². The summed E-state index contributed by atoms with van der Waals surface area (Å²) in [6.07, 6.45) is -0.0926. The van der Waals surface area contributed by atoms with Crippen LogP contribution in [0, 0.1) is 18.3 Å². The maximum Gasteiger partial charge on any atom is 0.310 e. The number of nitrogens with one attached hydrogen (secondary N) is 1. The highest BCUT2D eigenvalue weighted by Crippen LogP contribution is 2.33. The van der Waals surface area contributed by atoms with Gasteiger partial charge in [-0.1, -0.05) is 37.6 Å². The summed E-state index contributed by atoms with van der Waals surface area (Å²) in [5, 5.41) is 12.5. The number of benzene rings is 1. The molecule has 0 saturated carbocycles. The first-order valence-electron chi connectivity index (χ1n) is 6.47. The Morgan fingerprint density at radius 2 is 2.00 bits per heavy atom. The van der Waals surface area contributed by atoms with E-state index in [0.29, 0.717) is 10.7 Å². The third kappa shape index (κ3) is 3.51. The summed E-state index contributed by atoms with van der Waals surface area (Å²) in [4.78, 5) is 23.5. The number of hydrogen-bond donors (Lipinski definition) is 2. The summed E-state index contributed by atoms with van der Waals surface area (Å²) < 4.78 is 0. The summed E-state index contributed by atoms with van der Waals surface area (Å²) in [5.41, 5.74) is 0.280. The van der Waals surface area contributed by atoms with E-state index in [0.717, 1.165) is 5.56 Å². The average molecular weight is 298 g/mol. The summed E-state index contributed by atoms with van der Waals surface area (Å²) >= 11 is 6.04. The van der Waals surface area contributed by atoms with Crippen LogP contribution in [0.2, 0.25) is 5.02 Å². The van der Waals surface area contributed by atoms with Gasteiger partial charge in [-0.25, -0.2) is 0 Å². The summed E-state index contributed by atoms with van der Waals surface area (Å²) in [6, 6.07) is 5.31. The third-order valence-corrected chi connectivity index (χ3v) is 4.09. The van der Waals surface area contributed by atoms with Crippen molar-refractivity contribution in [3.63, 3.8) is 0 Å². The highest BCUT2D eigenvalue weighted by atomic mass is 35.5. The lowest BCUT2D eigenvalue weighted by Gasteiger charge is -2.28. The average Bonchev–Trinajstić information content (AvgIpc) is 2.33. The number of rotatable bonds is 5. The van der Waals surface area contributed by atoms with Crippen LogP contribution in [0.3, 0.4) is 0 Å². The summed E-state index contributed by atoms with van der Waals surface area (Å²) in [7, 11) is 0. The monoisotopic (exact) mass is 297 g/mol. The second-order valence-electron chi connectivity index (χ2n) is 5.53. The van der Waals surface area contributed by atoms with E-state index >= 15 is 0 Å². The standard InChI is InChI=1S/C15H20ClNO3/c1-9(2)15(4,14(19)20)8-12(18)17-13-10(3)6-5-7-11(13)16/h5-7,9H,8H2,1-4H3,(H,17,18)(H,19,20). The fraction of sp³-hybridized carbons (Fsp3) is 0.467. The molecule has 0 spiro atoms. The molecule has 1 aromatic rings. The lowest BCUT2D eigenvalue weighted by atomic mass is 9.76. The second kappa shape index (κ2) is 6.27. The minimum atomic E-state index is -1.10. The van der Waals surface area contributed by atoms with E-state index in [9.17, 15) is 14.7 Å². The van der Waals surface area contributed by atoms with E-state index in [-0.39, 0.29) is 18.2 Å². The fourth-order valence-corrected chi connectivity index (χ4v) is 2.10. The molecule has 1 rings (SSSR count). The lowest BCUT2D eigenvalue weighted by Crippen LogP contribution is -2.37. The van der Waals surface area contributed by atoms with Crippen LogP contribution >= 0.6 is 11.6 Å². The molecule has 0 radical (unpaired) electrons. The van der Waals surface area contributed by atoms with Crippen molar-refractivity contribution in [2.75, 3.05) is 5.32 Å². The molecule has 0 aliphatic rings. The van der Waals surface area contributed by atoms with Gasteiger partial charge in [-0.3, -0.25) is 9.59 Å². The van der Waals surface area contributed by atoms with Gasteiger partial charge in [0.15, 0.2) is 0 Å². The Morgan fingerprint density at radius 3 is 2.45 bits per heavy atom. The number of halogens is 1. The van der Waals surface area contributed by atoms with Crippen LogP contribution in [0.1, 0.15) is 32.8 Å². The molecule has 0 fully saturated rings. The molecule has 2 N–H and O–H groups in total. The van der Waals surface area contributed by atoms with Gasteiger partial charge in [-0.15, -0.1) is 0 Å². The van der Waals surface area contributed by atoms with Gasteiger partial charge in [0.1, 0.15) is 0 Å². The largest absolute Gasteiger partial charge is 0.481 e. The highest BCUT2D eigenvalue weighted by molar-refractivity contribution is 6.33. The van der Waals surface area contributed by atoms with E-state index in [1.54, 1.807) is 32.9 Å². The van der Waals surface area contributed by atoms with Gasteiger partial charge in [0, 0.05) is 6.42 Å². The predicted octanol–water partition coefficient (Wildman–Crippen LogP) is 3.72. The number of carbonyl (C=O) groups is 2. The van der Waals surface area contributed by atoms with E-state index in [1.165, 1.54) is 0 Å². The minimum Gasteiger partial charge on any atom is -0.481 e. The number of carbonyl (C=O) groups excluding carboxylic acids is 1. The fourth-order valence-electron chi connectivity index (χ4n) is 1.83. The van der Waals surface area contributed by atoms with Gasteiger partial charge in [-0.2, -0.15) is 0 Å². The second-order valence-corrected chi connectivity index (χ2v) is 5.94. The molecule has 1 unspecified atom stereocenters. The quantitative estimate of drug-likeness (QED) is 0.870. The zero-order valence-electron chi connectivity index (χ0n) is 12.2. The van der Waals surface area contributed by atoms with Crippen molar-refractivity contribution in [2.24, 2.45) is 11.3 Å². The van der Waals surface area contributed by atoms with Crippen LogP contribution in [0.25, 0.3) is 0 Å². The number of aliphatic carboxylic acids is 1. The van der Waals surface area contributed by atoms with Crippen molar-refractivity contribution in [1.82, 2.24) is 0 Å². The van der Waals surface area contributed by atoms with Gasteiger partial charge < -0.3 is 10.4 Å². The normalized spacial score (nSPS) is 13.9. The minimum absolute atomic E-state index is 0.0926. The molecular weight excluding hydrogens is 278 g/mol. The van der Waals surface area contributed by atoms with Gasteiger partial charge in [0.05, 0.1) is 16.1 Å². The predicted molar refractivity (Wildman–Crippen MR) is 80.0 cm³/mol. The van der Waals surface area contributed by atoms with E-state index < -0.39 is 11.4 Å². The number of para-hydroxylation sites is 1. The van der Waals surface area contributed by atoms with Crippen molar-refractivity contribution < 1.29 is 14.7 Å². The van der Waals surface area contributed by atoms with Gasteiger partial charge >= 0.3 is 5.97 Å². The smallest absolute Gasteiger partial charge is 0.310 e. The van der Waals surface area contributed by atoms with Crippen molar-refractivity contribution >= 4 is 29.2 Å². The van der Waals surface area contributed by atoms with Crippen LogP contribution in [-0.4, -0.2) is 17.0 Å². The Kier molecular flexibility index (Phi) is 5.17. The van der Waals surface area contributed by atoms with Crippen LogP contribution in [0.15, 0.2) is 18.2 Å². The Balaban J connectivity index is 2.90. The molecule has 0 aromatic heterocycles. The number of amides is 1. The molecule has 5 heteroatoms. The zero-order chi connectivity index (χ0) is 15.5. The number of aryl methyl sites for hydroxylation is 1. The number of anilines is 1. The maximum absolute atomic E-state index is 12.1. The molecule has 110 valence electrons. The molecule has 0 bridgehead atoms. The molecule has 20 heavy (non-hydrogen) atoms. The molecule has 1 aromatic carbocycles. The van der Waals surface area contributed by atoms with E-state index in [4.69, 9.17) is 11.6 Å². The molecule has 4 nitrogen and oxygen atoms in total. The summed E-state index contributed by atoms with van der Waals surface area (Å²) in [6.45, 7) is 7.00. The van der Waals surface area contributed by atoms with Crippen molar-refractivity contribution in [1.29, 1.82) is 0 Å². The topological polar surface area (TPSA) is 66.4 Å². The Labute approximate surface area is 124 Å². The van der Waals surface area contributed by atoms with Crippen LogP contribution in [0.4, 0.5) is 5.69 Å². The van der Waals surface area contributed by atoms with Crippen molar-refractivity contribution in [3.8, 4) is 0 Å². The van der Waals surface area contributed by atoms with Gasteiger partial charge in [0.2, 0.25) is 5.91 Å². The Bertz CT molecular complexity index is 508. The molecular formula is C15H20ClNO3. The van der Waals surface area contributed by atoms with Crippen LogP contribution < -0.4 is 5.32 Å². The SMILES string of the molecule is Cc1cccc(Cl)c1NC(=O)CC(C)(C(=O)O)C(C)C. The Morgan fingerprint density at radius 1 is 1.40 bits per heavy atom. The molecule has 0 aliphatic carbocycles. The van der Waals surface area contributed by atoms with Crippen LogP contribution in [0.5, 0.6) is 0 Å². The lowest BCUT2D eigenvalue weighted by molar-refractivity contribution is -0.153. The zero-order valence-corrected chi connectivity index (χ0v) is 12.9. The molecule has 0 heterocycles. The first-order chi connectivity index (χ1) is 9.18. The molecule has 0 saturated heterocycles. The number of carboxylic acids is 1. The molecule has 0 aliphatic heterocycles. The molecule has 1 atom stereocenters. The highest BCUT2D eigenvalue weighted by Gasteiger charge is 2.38. The number of hydrogen-bond acceptors (Lipinski definition) is 2. The van der Waals surface area contributed by atoms with Gasteiger partial charge in [-0.05, 0) is 31.4 Å². The summed E-state index contributed by atoms with van der Waals surface area (Å²) in [5.74, 6) is -1.48.